The average molecular weight is 447 g/mol. The third kappa shape index (κ3) is 4.18. The first-order valence-electron chi connectivity index (χ1n) is 10.0. The van der Waals surface area contributed by atoms with E-state index in [2.05, 4.69) is 4.98 Å². The molecule has 0 atom stereocenters. The molecule has 0 fully saturated rings. The topological polar surface area (TPSA) is 71.9 Å². The van der Waals surface area contributed by atoms with Gasteiger partial charge < -0.3 is 15.0 Å². The van der Waals surface area contributed by atoms with Crippen LogP contribution in [0.1, 0.15) is 11.1 Å². The predicted octanol–water partition coefficient (Wildman–Crippen LogP) is 5.81. The van der Waals surface area contributed by atoms with Crippen molar-refractivity contribution in [1.82, 2.24) is 9.88 Å². The highest BCUT2D eigenvalue weighted by Gasteiger charge is 2.19. The second kappa shape index (κ2) is 8.77. The van der Waals surface area contributed by atoms with Gasteiger partial charge in [0.25, 0.3) is 0 Å². The molecule has 0 unspecified atom stereocenters. The van der Waals surface area contributed by atoms with E-state index in [1.165, 1.54) is 4.90 Å². The summed E-state index contributed by atoms with van der Waals surface area (Å²) in [6, 6.07) is 22.4. The number of rotatable bonds is 4. The van der Waals surface area contributed by atoms with Crippen molar-refractivity contribution in [3.8, 4) is 5.88 Å². The van der Waals surface area contributed by atoms with Gasteiger partial charge in [-0.2, -0.15) is 0 Å². The van der Waals surface area contributed by atoms with Crippen LogP contribution < -0.4 is 4.90 Å². The number of aliphatic imine (C=N–C) groups is 1. The summed E-state index contributed by atoms with van der Waals surface area (Å²) in [6.07, 6.45) is 0. The van der Waals surface area contributed by atoms with Crippen molar-refractivity contribution in [2.75, 3.05) is 26.0 Å². The number of urea groups is 1. The highest BCUT2D eigenvalue weighted by molar-refractivity contribution is 6.31. The van der Waals surface area contributed by atoms with Crippen molar-refractivity contribution < 1.29 is 9.90 Å². The van der Waals surface area contributed by atoms with Crippen LogP contribution in [0.3, 0.4) is 0 Å². The number of aromatic hydroxyl groups is 1. The number of amides is 2. The van der Waals surface area contributed by atoms with Crippen LogP contribution in [0.2, 0.25) is 5.02 Å². The van der Waals surface area contributed by atoms with Crippen molar-refractivity contribution in [2.45, 2.75) is 0 Å². The maximum atomic E-state index is 12.2. The highest BCUT2D eigenvalue weighted by atomic mass is 35.5. The van der Waals surface area contributed by atoms with Crippen LogP contribution in [-0.2, 0) is 0 Å². The second-order valence-corrected chi connectivity index (χ2v) is 8.05. The van der Waals surface area contributed by atoms with Gasteiger partial charge in [0.1, 0.15) is 0 Å². The summed E-state index contributed by atoms with van der Waals surface area (Å²) in [5.74, 6) is 0.0257. The summed E-state index contributed by atoms with van der Waals surface area (Å²) in [7, 11) is 5.15. The quantitative estimate of drug-likeness (QED) is 0.388. The van der Waals surface area contributed by atoms with E-state index < -0.39 is 0 Å². The molecular weight excluding hydrogens is 424 g/mol. The predicted molar refractivity (Wildman–Crippen MR) is 131 cm³/mol. The fourth-order valence-electron chi connectivity index (χ4n) is 3.55. The number of anilines is 1. The van der Waals surface area contributed by atoms with Gasteiger partial charge in [-0.15, -0.1) is 0 Å². The van der Waals surface area contributed by atoms with Gasteiger partial charge in [-0.3, -0.25) is 4.90 Å². The molecule has 7 heteroatoms. The number of nitrogens with zero attached hydrogens (tertiary/aromatic N) is 3. The number of aromatic nitrogens is 1. The summed E-state index contributed by atoms with van der Waals surface area (Å²) >= 11 is 6.13. The van der Waals surface area contributed by atoms with Crippen LogP contribution in [0.15, 0.2) is 77.8 Å². The van der Waals surface area contributed by atoms with Gasteiger partial charge in [0.05, 0.1) is 22.5 Å². The third-order valence-corrected chi connectivity index (χ3v) is 5.41. The Morgan fingerprint density at radius 1 is 0.969 bits per heavy atom. The maximum absolute atomic E-state index is 12.2. The Kier molecular flexibility index (Phi) is 5.88. The Labute approximate surface area is 191 Å². The third-order valence-electron chi connectivity index (χ3n) is 5.17. The van der Waals surface area contributed by atoms with Crippen LogP contribution in [0.4, 0.5) is 16.2 Å². The van der Waals surface area contributed by atoms with E-state index in [0.717, 1.165) is 22.2 Å². The number of benzene rings is 3. The number of hydrogen-bond donors (Lipinski definition) is 2. The Bertz CT molecular complexity index is 1300. The van der Waals surface area contributed by atoms with E-state index in [0.29, 0.717) is 22.0 Å². The van der Waals surface area contributed by atoms with Gasteiger partial charge in [-0.05, 0) is 36.4 Å². The lowest BCUT2D eigenvalue weighted by atomic mass is 10.0. The summed E-state index contributed by atoms with van der Waals surface area (Å²) in [6.45, 7) is 0. The summed E-state index contributed by atoms with van der Waals surface area (Å²) < 4.78 is 0. The second-order valence-electron chi connectivity index (χ2n) is 7.62. The molecule has 162 valence electrons. The van der Waals surface area contributed by atoms with Crippen molar-refractivity contribution in [3.63, 3.8) is 0 Å². The fourth-order valence-corrected chi connectivity index (χ4v) is 3.72. The van der Waals surface area contributed by atoms with E-state index in [-0.39, 0.29) is 11.9 Å². The molecule has 0 aliphatic carbocycles. The summed E-state index contributed by atoms with van der Waals surface area (Å²) in [4.78, 5) is 23.2. The first-order valence-corrected chi connectivity index (χ1v) is 10.4. The number of H-pyrrole nitrogens is 1. The van der Waals surface area contributed by atoms with Crippen LogP contribution in [-0.4, -0.2) is 47.9 Å². The minimum absolute atomic E-state index is 0.0257. The molecule has 6 nitrogen and oxygen atoms in total. The van der Waals surface area contributed by atoms with E-state index in [1.54, 1.807) is 38.2 Å². The van der Waals surface area contributed by atoms with Crippen LogP contribution in [0, 0.1) is 0 Å². The minimum Gasteiger partial charge on any atom is -0.494 e. The number of halogens is 1. The van der Waals surface area contributed by atoms with Gasteiger partial charge in [-0.25, -0.2) is 9.79 Å². The van der Waals surface area contributed by atoms with Gasteiger partial charge in [-0.1, -0.05) is 48.0 Å². The lowest BCUT2D eigenvalue weighted by Gasteiger charge is -2.21. The highest BCUT2D eigenvalue weighted by Crippen LogP contribution is 2.33. The molecule has 32 heavy (non-hydrogen) atoms. The first-order chi connectivity index (χ1) is 15.3. The van der Waals surface area contributed by atoms with Crippen molar-refractivity contribution in [2.24, 2.45) is 4.99 Å². The molecule has 0 saturated carbocycles. The minimum atomic E-state index is -0.117. The molecule has 2 N–H and O–H groups in total. The molecule has 4 aromatic rings. The molecule has 0 aliphatic rings. The smallest absolute Gasteiger partial charge is 0.323 e. The monoisotopic (exact) mass is 446 g/mol. The Morgan fingerprint density at radius 3 is 2.31 bits per heavy atom. The van der Waals surface area contributed by atoms with Gasteiger partial charge >= 0.3 is 6.03 Å². The average Bonchev–Trinajstić information content (AvgIpc) is 3.11. The van der Waals surface area contributed by atoms with E-state index in [1.807, 2.05) is 60.7 Å². The van der Waals surface area contributed by atoms with E-state index in [4.69, 9.17) is 16.6 Å². The molecule has 2 amide bonds. The molecule has 0 aliphatic heterocycles. The molecule has 0 bridgehead atoms. The number of aromatic amines is 1. The Balaban J connectivity index is 1.81. The molecule has 1 aromatic heterocycles. The Hall–Kier alpha value is -3.77. The summed E-state index contributed by atoms with van der Waals surface area (Å²) in [5.41, 5.74) is 4.28. The van der Waals surface area contributed by atoms with Gasteiger partial charge in [0.2, 0.25) is 0 Å². The number of nitrogens with one attached hydrogen (secondary N) is 1. The molecule has 0 saturated heterocycles. The van der Waals surface area contributed by atoms with Gasteiger partial charge in [0.15, 0.2) is 5.88 Å². The molecule has 0 spiro atoms. The zero-order valence-corrected chi connectivity index (χ0v) is 18.8. The zero-order valence-electron chi connectivity index (χ0n) is 18.0. The van der Waals surface area contributed by atoms with Crippen LogP contribution >= 0.6 is 11.6 Å². The Morgan fingerprint density at radius 2 is 1.66 bits per heavy atom. The van der Waals surface area contributed by atoms with Crippen molar-refractivity contribution in [3.05, 3.63) is 88.9 Å². The number of carbonyl (C=O) groups excluding carboxylic acids is 1. The normalized spacial score (nSPS) is 11.6. The lowest BCUT2D eigenvalue weighted by Crippen LogP contribution is -2.36. The zero-order chi connectivity index (χ0) is 22.8. The summed E-state index contributed by atoms with van der Waals surface area (Å²) in [5, 5.41) is 12.1. The van der Waals surface area contributed by atoms with Gasteiger partial charge in [0, 0.05) is 42.8 Å². The van der Waals surface area contributed by atoms with Crippen molar-refractivity contribution >= 4 is 45.6 Å². The van der Waals surface area contributed by atoms with Crippen molar-refractivity contribution in [1.29, 1.82) is 0 Å². The fraction of sp³-hybridized carbons (Fsp3) is 0.120. The molecule has 3 aromatic carbocycles. The molecule has 1 heterocycles. The molecule has 4 rings (SSSR count). The SMILES string of the molecule is CN(C)C(=O)N(C)c1ccc(N=C(c2ccccc2)c2c(O)[nH]c3cc(Cl)ccc23)cc1. The largest absolute Gasteiger partial charge is 0.494 e. The van der Waals surface area contributed by atoms with Crippen LogP contribution in [0.5, 0.6) is 5.88 Å². The maximum Gasteiger partial charge on any atom is 0.323 e. The lowest BCUT2D eigenvalue weighted by molar-refractivity contribution is 0.225. The molecular formula is C25H23ClN4O2. The van der Waals surface area contributed by atoms with E-state index in [9.17, 15) is 9.90 Å². The number of hydrogen-bond acceptors (Lipinski definition) is 3. The first kappa shape index (κ1) is 21.5. The number of carbonyl (C=O) groups is 1. The number of fused-ring (bicyclic) bond motifs is 1. The molecule has 0 radical (unpaired) electrons. The standard InChI is InChI=1S/C25H23ClN4O2/c1-29(2)25(32)30(3)19-12-10-18(11-13-19)27-23(16-7-5-4-6-8-16)22-20-14-9-17(26)15-21(20)28-24(22)31/h4-15,28,31H,1-3H3. The van der Waals surface area contributed by atoms with E-state index >= 15 is 0 Å². The van der Waals surface area contributed by atoms with Crippen LogP contribution in [0.25, 0.3) is 10.9 Å².